The molecule has 0 saturated carbocycles. The van der Waals surface area contributed by atoms with Crippen LogP contribution in [0.3, 0.4) is 0 Å². The van der Waals surface area contributed by atoms with Gasteiger partial charge in [-0.3, -0.25) is 4.98 Å². The minimum Gasteiger partial charge on any atom is -0.493 e. The molecule has 0 unspecified atom stereocenters. The van der Waals surface area contributed by atoms with Gasteiger partial charge < -0.3 is 10.5 Å². The summed E-state index contributed by atoms with van der Waals surface area (Å²) in [6, 6.07) is 5.69. The van der Waals surface area contributed by atoms with Gasteiger partial charge in [-0.1, -0.05) is 18.7 Å². The fourth-order valence-corrected chi connectivity index (χ4v) is 2.25. The Kier molecular flexibility index (Phi) is 4.41. The lowest BCUT2D eigenvalue weighted by molar-refractivity contribution is 0.317. The summed E-state index contributed by atoms with van der Waals surface area (Å²) >= 11 is 1.52. The molecule has 0 aliphatic heterocycles. The van der Waals surface area contributed by atoms with E-state index in [0.29, 0.717) is 12.3 Å². The van der Waals surface area contributed by atoms with Gasteiger partial charge in [-0.2, -0.15) is 0 Å². The zero-order chi connectivity index (χ0) is 12.8. The highest BCUT2D eigenvalue weighted by atomic mass is 32.2. The van der Waals surface area contributed by atoms with Gasteiger partial charge in [-0.15, -0.1) is 0 Å². The summed E-state index contributed by atoms with van der Waals surface area (Å²) in [7, 11) is 0. The van der Waals surface area contributed by atoms with Crippen LogP contribution in [-0.4, -0.2) is 16.6 Å². The first kappa shape index (κ1) is 12.7. The highest BCUT2D eigenvalue weighted by molar-refractivity contribution is 7.99. The molecule has 0 saturated heterocycles. The third-order valence-electron chi connectivity index (χ3n) is 2.14. The lowest BCUT2D eigenvalue weighted by Crippen LogP contribution is -1.96. The van der Waals surface area contributed by atoms with E-state index in [4.69, 9.17) is 10.5 Å². The van der Waals surface area contributed by atoms with Crippen LogP contribution in [0.5, 0.6) is 5.75 Å². The normalized spacial score (nSPS) is 10.3. The monoisotopic (exact) mass is 261 g/mol. The minimum absolute atomic E-state index is 0.690. The Morgan fingerprint density at radius 3 is 2.89 bits per heavy atom. The van der Waals surface area contributed by atoms with Gasteiger partial charge in [0.1, 0.15) is 10.8 Å². The third kappa shape index (κ3) is 3.63. The molecule has 18 heavy (non-hydrogen) atoms. The summed E-state index contributed by atoms with van der Waals surface area (Å²) in [6.07, 6.45) is 6.02. The topological polar surface area (TPSA) is 61.0 Å². The van der Waals surface area contributed by atoms with E-state index in [2.05, 4.69) is 16.9 Å². The Morgan fingerprint density at radius 1 is 1.28 bits per heavy atom. The first-order valence-electron chi connectivity index (χ1n) is 5.75. The zero-order valence-corrected chi connectivity index (χ0v) is 11.0. The molecule has 1 aromatic carbocycles. The van der Waals surface area contributed by atoms with Crippen molar-refractivity contribution in [1.29, 1.82) is 0 Å². The van der Waals surface area contributed by atoms with Gasteiger partial charge in [0.15, 0.2) is 0 Å². The predicted octanol–water partition coefficient (Wildman–Crippen LogP) is 3.00. The van der Waals surface area contributed by atoms with E-state index in [9.17, 15) is 0 Å². The number of nitrogens with two attached hydrogens (primary N) is 1. The lowest BCUT2D eigenvalue weighted by atomic mass is 10.3. The molecular weight excluding hydrogens is 246 g/mol. The van der Waals surface area contributed by atoms with Crippen LogP contribution >= 0.6 is 11.8 Å². The van der Waals surface area contributed by atoms with Crippen molar-refractivity contribution in [2.45, 2.75) is 23.3 Å². The molecule has 1 heterocycles. The maximum absolute atomic E-state index is 5.86. The van der Waals surface area contributed by atoms with Crippen LogP contribution in [-0.2, 0) is 0 Å². The Labute approximate surface area is 111 Å². The molecule has 5 heteroatoms. The van der Waals surface area contributed by atoms with E-state index >= 15 is 0 Å². The summed E-state index contributed by atoms with van der Waals surface area (Å²) in [5.41, 5.74) is 6.55. The maximum Gasteiger partial charge on any atom is 0.122 e. The fraction of sp³-hybridized carbons (Fsp3) is 0.231. The van der Waals surface area contributed by atoms with Gasteiger partial charge in [0.2, 0.25) is 0 Å². The van der Waals surface area contributed by atoms with Gasteiger partial charge in [0.05, 0.1) is 12.8 Å². The first-order valence-corrected chi connectivity index (χ1v) is 6.57. The number of nitrogens with zero attached hydrogens (tertiary/aromatic N) is 2. The molecule has 1 aromatic heterocycles. The second kappa shape index (κ2) is 6.26. The number of benzene rings is 1. The molecule has 0 fully saturated rings. The van der Waals surface area contributed by atoms with Crippen molar-refractivity contribution >= 4 is 17.4 Å². The second-order valence-electron chi connectivity index (χ2n) is 3.73. The van der Waals surface area contributed by atoms with Crippen LogP contribution in [0.1, 0.15) is 13.3 Å². The van der Waals surface area contributed by atoms with Crippen LogP contribution in [0.15, 0.2) is 46.7 Å². The summed E-state index contributed by atoms with van der Waals surface area (Å²) < 4.78 is 5.58. The summed E-state index contributed by atoms with van der Waals surface area (Å²) in [4.78, 5) is 9.25. The molecule has 94 valence electrons. The molecule has 2 aromatic rings. The molecule has 0 atom stereocenters. The zero-order valence-electron chi connectivity index (χ0n) is 10.2. The van der Waals surface area contributed by atoms with Crippen LogP contribution in [0.2, 0.25) is 0 Å². The average molecular weight is 261 g/mol. The van der Waals surface area contributed by atoms with Crippen LogP contribution < -0.4 is 10.5 Å². The van der Waals surface area contributed by atoms with E-state index in [1.165, 1.54) is 11.8 Å². The molecule has 0 radical (unpaired) electrons. The van der Waals surface area contributed by atoms with Crippen molar-refractivity contribution in [2.75, 3.05) is 12.3 Å². The second-order valence-corrected chi connectivity index (χ2v) is 4.83. The molecule has 4 nitrogen and oxygen atoms in total. The maximum atomic E-state index is 5.86. The Balaban J connectivity index is 2.15. The van der Waals surface area contributed by atoms with Crippen LogP contribution in [0, 0.1) is 0 Å². The molecule has 0 aliphatic carbocycles. The van der Waals surface area contributed by atoms with E-state index in [0.717, 1.165) is 22.1 Å². The first-order chi connectivity index (χ1) is 8.78. The predicted molar refractivity (Wildman–Crippen MR) is 72.8 cm³/mol. The standard InChI is InChI=1S/C13H15N3OS/c1-2-5-17-11-6-10(14)7-12(8-11)18-13-9-15-3-4-16-13/h3-4,6-9H,2,5,14H2,1H3. The molecule has 0 spiro atoms. The fourth-order valence-electron chi connectivity index (χ4n) is 1.41. The summed E-state index contributed by atoms with van der Waals surface area (Å²) in [5.74, 6) is 0.795. The Hall–Kier alpha value is -1.75. The van der Waals surface area contributed by atoms with E-state index in [-0.39, 0.29) is 0 Å². The van der Waals surface area contributed by atoms with Crippen molar-refractivity contribution in [1.82, 2.24) is 9.97 Å². The van der Waals surface area contributed by atoms with E-state index in [1.54, 1.807) is 18.6 Å². The minimum atomic E-state index is 0.690. The summed E-state index contributed by atoms with van der Waals surface area (Å²) in [5, 5.41) is 0.838. The molecule has 2 N–H and O–H groups in total. The van der Waals surface area contributed by atoms with Gasteiger partial charge in [-0.25, -0.2) is 4.98 Å². The molecule has 0 aliphatic rings. The number of ether oxygens (including phenoxy) is 1. The molecule has 0 amide bonds. The molecule has 0 bridgehead atoms. The van der Waals surface area contributed by atoms with Gasteiger partial charge in [0.25, 0.3) is 0 Å². The highest BCUT2D eigenvalue weighted by Crippen LogP contribution is 2.30. The van der Waals surface area contributed by atoms with Gasteiger partial charge in [-0.05, 0) is 18.6 Å². The number of hydrogen-bond donors (Lipinski definition) is 1. The van der Waals surface area contributed by atoms with Crippen molar-refractivity contribution in [3.63, 3.8) is 0 Å². The smallest absolute Gasteiger partial charge is 0.122 e. The van der Waals surface area contributed by atoms with Gasteiger partial charge >= 0.3 is 0 Å². The van der Waals surface area contributed by atoms with Crippen molar-refractivity contribution in [3.05, 3.63) is 36.8 Å². The quantitative estimate of drug-likeness (QED) is 0.838. The summed E-state index contributed by atoms with van der Waals surface area (Å²) in [6.45, 7) is 2.76. The Morgan fingerprint density at radius 2 is 2.17 bits per heavy atom. The van der Waals surface area contributed by atoms with E-state index < -0.39 is 0 Å². The number of anilines is 1. The van der Waals surface area contributed by atoms with E-state index in [1.807, 2.05) is 18.2 Å². The van der Waals surface area contributed by atoms with Gasteiger partial charge in [0, 0.05) is 29.0 Å². The number of hydrogen-bond acceptors (Lipinski definition) is 5. The third-order valence-corrected chi connectivity index (χ3v) is 3.03. The van der Waals surface area contributed by atoms with Crippen molar-refractivity contribution < 1.29 is 4.74 Å². The average Bonchev–Trinajstić information content (AvgIpc) is 2.37. The van der Waals surface area contributed by atoms with Crippen LogP contribution in [0.25, 0.3) is 0 Å². The van der Waals surface area contributed by atoms with Crippen molar-refractivity contribution in [2.24, 2.45) is 0 Å². The number of nitrogen functional groups attached to an aromatic ring is 1. The SMILES string of the molecule is CCCOc1cc(N)cc(Sc2cnccn2)c1. The lowest BCUT2D eigenvalue weighted by Gasteiger charge is -2.08. The van der Waals surface area contributed by atoms with Crippen molar-refractivity contribution in [3.8, 4) is 5.75 Å². The molecule has 2 rings (SSSR count). The number of rotatable bonds is 5. The molecular formula is C13H15N3OS. The number of aromatic nitrogens is 2. The Bertz CT molecular complexity index is 505. The van der Waals surface area contributed by atoms with Crippen LogP contribution in [0.4, 0.5) is 5.69 Å². The highest BCUT2D eigenvalue weighted by Gasteiger charge is 2.03. The largest absolute Gasteiger partial charge is 0.493 e.